The lowest BCUT2D eigenvalue weighted by Gasteiger charge is -2.20. The smallest absolute Gasteiger partial charge is 0.140 e. The molecule has 11 heavy (non-hydrogen) atoms. The minimum atomic E-state index is 0.751. The van der Waals surface area contributed by atoms with Gasteiger partial charge < -0.3 is 4.90 Å². The van der Waals surface area contributed by atoms with Gasteiger partial charge in [0.1, 0.15) is 6.17 Å². The van der Waals surface area contributed by atoms with Gasteiger partial charge in [-0.2, -0.15) is 0 Å². The second kappa shape index (κ2) is 4.07. The van der Waals surface area contributed by atoms with Gasteiger partial charge in [0, 0.05) is 6.92 Å². The summed E-state index contributed by atoms with van der Waals surface area (Å²) in [6.45, 7) is 8.59. The number of nitrogens with one attached hydrogen (secondary N) is 1. The molecule has 1 fully saturated rings. The van der Waals surface area contributed by atoms with Crippen molar-refractivity contribution in [3.8, 4) is 0 Å². The highest BCUT2D eigenvalue weighted by Gasteiger charge is 2.27. The van der Waals surface area contributed by atoms with E-state index in [1.54, 1.807) is 4.90 Å². The van der Waals surface area contributed by atoms with E-state index in [2.05, 4.69) is 25.8 Å². The van der Waals surface area contributed by atoms with Gasteiger partial charge in [-0.1, -0.05) is 13.3 Å². The molecule has 0 aromatic heterocycles. The molecule has 0 aromatic rings. The summed E-state index contributed by atoms with van der Waals surface area (Å²) in [5.74, 6) is 0. The quantitative estimate of drug-likeness (QED) is 0.604. The number of likely N-dealkylation sites (N-methyl/N-ethyl adjacent to an activating group) is 1. The van der Waals surface area contributed by atoms with E-state index >= 15 is 0 Å². The summed E-state index contributed by atoms with van der Waals surface area (Å²) in [6.07, 6.45) is 3.47. The van der Waals surface area contributed by atoms with Crippen LogP contribution in [0.15, 0.2) is 0 Å². The predicted molar refractivity (Wildman–Crippen MR) is 47.7 cm³/mol. The van der Waals surface area contributed by atoms with Crippen LogP contribution in [0.5, 0.6) is 0 Å². The van der Waals surface area contributed by atoms with Crippen LogP contribution < -0.4 is 4.90 Å². The SMILES string of the molecule is CCCC[NH+]1CCN(C)C1C. The summed E-state index contributed by atoms with van der Waals surface area (Å²) in [5, 5.41) is 0. The third-order valence-corrected chi connectivity index (χ3v) is 2.89. The fourth-order valence-electron chi connectivity index (χ4n) is 1.77. The first-order valence-corrected chi connectivity index (χ1v) is 4.80. The van der Waals surface area contributed by atoms with Crippen molar-refractivity contribution in [3.63, 3.8) is 0 Å². The standard InChI is InChI=1S/C9H20N2/c1-4-5-6-11-8-7-10(3)9(11)2/h9H,4-8H2,1-3H3/p+1. The molecule has 0 saturated carbocycles. The average Bonchev–Trinajstić information content (AvgIpc) is 2.31. The van der Waals surface area contributed by atoms with Crippen molar-refractivity contribution in [2.75, 3.05) is 26.7 Å². The molecule has 2 atom stereocenters. The first-order valence-electron chi connectivity index (χ1n) is 4.80. The Bertz CT molecular complexity index is 114. The number of nitrogens with zero attached hydrogens (tertiary/aromatic N) is 1. The van der Waals surface area contributed by atoms with Crippen LogP contribution >= 0.6 is 0 Å². The van der Waals surface area contributed by atoms with Gasteiger partial charge in [-0.15, -0.1) is 0 Å². The summed E-state index contributed by atoms with van der Waals surface area (Å²) in [7, 11) is 2.23. The Hall–Kier alpha value is -0.0800. The van der Waals surface area contributed by atoms with Crippen molar-refractivity contribution in [3.05, 3.63) is 0 Å². The molecular formula is C9H21N2+. The number of rotatable bonds is 3. The second-order valence-electron chi connectivity index (χ2n) is 3.67. The van der Waals surface area contributed by atoms with E-state index in [-0.39, 0.29) is 0 Å². The summed E-state index contributed by atoms with van der Waals surface area (Å²) in [6, 6.07) is 0. The lowest BCUT2D eigenvalue weighted by atomic mass is 10.3. The molecule has 1 aliphatic rings. The van der Waals surface area contributed by atoms with Crippen molar-refractivity contribution in [1.29, 1.82) is 0 Å². The zero-order valence-corrected chi connectivity index (χ0v) is 8.06. The van der Waals surface area contributed by atoms with Crippen molar-refractivity contribution >= 4 is 0 Å². The zero-order valence-electron chi connectivity index (χ0n) is 8.06. The number of hydrogen-bond acceptors (Lipinski definition) is 1. The van der Waals surface area contributed by atoms with Crippen LogP contribution in [0.4, 0.5) is 0 Å². The fourth-order valence-corrected chi connectivity index (χ4v) is 1.77. The highest BCUT2D eigenvalue weighted by atomic mass is 15.4. The van der Waals surface area contributed by atoms with Crippen LogP contribution in [0.2, 0.25) is 0 Å². The summed E-state index contributed by atoms with van der Waals surface area (Å²) >= 11 is 0. The van der Waals surface area contributed by atoms with Gasteiger partial charge in [-0.3, -0.25) is 4.90 Å². The monoisotopic (exact) mass is 157 g/mol. The Balaban J connectivity index is 2.24. The Morgan fingerprint density at radius 3 is 2.73 bits per heavy atom. The largest absolute Gasteiger partial charge is 0.319 e. The van der Waals surface area contributed by atoms with E-state index in [1.165, 1.54) is 32.5 Å². The molecule has 0 radical (unpaired) electrons. The van der Waals surface area contributed by atoms with E-state index in [1.807, 2.05) is 0 Å². The molecule has 1 aliphatic heterocycles. The van der Waals surface area contributed by atoms with Crippen LogP contribution in [-0.2, 0) is 0 Å². The first kappa shape index (κ1) is 9.01. The van der Waals surface area contributed by atoms with Gasteiger partial charge in [0.25, 0.3) is 0 Å². The molecule has 1 N–H and O–H groups in total. The van der Waals surface area contributed by atoms with Gasteiger partial charge in [0.15, 0.2) is 0 Å². The van der Waals surface area contributed by atoms with Crippen molar-refractivity contribution in [2.24, 2.45) is 0 Å². The van der Waals surface area contributed by atoms with Crippen LogP contribution in [0.25, 0.3) is 0 Å². The minimum absolute atomic E-state index is 0.751. The average molecular weight is 157 g/mol. The number of quaternary nitrogens is 1. The molecule has 0 spiro atoms. The maximum atomic E-state index is 2.45. The lowest BCUT2D eigenvalue weighted by molar-refractivity contribution is -0.916. The molecule has 1 saturated heterocycles. The fraction of sp³-hybridized carbons (Fsp3) is 1.00. The van der Waals surface area contributed by atoms with Crippen LogP contribution in [0, 0.1) is 0 Å². The molecule has 0 aliphatic carbocycles. The Kier molecular flexibility index (Phi) is 3.34. The van der Waals surface area contributed by atoms with E-state index in [9.17, 15) is 0 Å². The maximum Gasteiger partial charge on any atom is 0.140 e. The van der Waals surface area contributed by atoms with Crippen molar-refractivity contribution in [2.45, 2.75) is 32.9 Å². The summed E-state index contributed by atoms with van der Waals surface area (Å²) in [5.41, 5.74) is 0. The third kappa shape index (κ3) is 2.17. The van der Waals surface area contributed by atoms with Crippen LogP contribution in [0.1, 0.15) is 26.7 Å². The van der Waals surface area contributed by atoms with Crippen molar-refractivity contribution in [1.82, 2.24) is 4.90 Å². The van der Waals surface area contributed by atoms with Crippen molar-refractivity contribution < 1.29 is 4.90 Å². The normalized spacial score (nSPS) is 33.0. The number of unbranched alkanes of at least 4 members (excludes halogenated alkanes) is 1. The molecule has 0 aromatic carbocycles. The van der Waals surface area contributed by atoms with E-state index in [0.29, 0.717) is 0 Å². The molecule has 0 amide bonds. The second-order valence-corrected chi connectivity index (χ2v) is 3.67. The molecule has 0 bridgehead atoms. The van der Waals surface area contributed by atoms with E-state index in [0.717, 1.165) is 6.17 Å². The molecule has 1 rings (SSSR count). The Morgan fingerprint density at radius 2 is 2.27 bits per heavy atom. The van der Waals surface area contributed by atoms with Gasteiger partial charge in [0.2, 0.25) is 0 Å². The summed E-state index contributed by atoms with van der Waals surface area (Å²) in [4.78, 5) is 4.22. The van der Waals surface area contributed by atoms with E-state index < -0.39 is 0 Å². The highest BCUT2D eigenvalue weighted by Crippen LogP contribution is 1.92. The maximum absolute atomic E-state index is 2.45. The Labute approximate surface area is 70.2 Å². The third-order valence-electron chi connectivity index (χ3n) is 2.89. The van der Waals surface area contributed by atoms with Gasteiger partial charge in [-0.25, -0.2) is 0 Å². The minimum Gasteiger partial charge on any atom is -0.319 e. The molecular weight excluding hydrogens is 136 g/mol. The molecule has 2 unspecified atom stereocenters. The topological polar surface area (TPSA) is 7.68 Å². The molecule has 66 valence electrons. The predicted octanol–water partition coefficient (Wildman–Crippen LogP) is -0.0372. The van der Waals surface area contributed by atoms with Crippen LogP contribution in [0.3, 0.4) is 0 Å². The molecule has 2 heteroatoms. The van der Waals surface area contributed by atoms with Gasteiger partial charge in [-0.05, 0) is 13.5 Å². The Morgan fingerprint density at radius 1 is 1.55 bits per heavy atom. The van der Waals surface area contributed by atoms with E-state index in [4.69, 9.17) is 0 Å². The van der Waals surface area contributed by atoms with Gasteiger partial charge in [0.05, 0.1) is 19.6 Å². The first-order chi connectivity index (χ1) is 5.25. The van der Waals surface area contributed by atoms with Gasteiger partial charge >= 0.3 is 0 Å². The highest BCUT2D eigenvalue weighted by molar-refractivity contribution is 4.57. The molecule has 1 heterocycles. The molecule has 2 nitrogen and oxygen atoms in total. The zero-order chi connectivity index (χ0) is 8.27. The number of hydrogen-bond donors (Lipinski definition) is 1. The van der Waals surface area contributed by atoms with Crippen LogP contribution in [-0.4, -0.2) is 37.7 Å². The summed E-state index contributed by atoms with van der Waals surface area (Å²) < 4.78 is 0. The lowest BCUT2D eigenvalue weighted by Crippen LogP contribution is -3.14.